The summed E-state index contributed by atoms with van der Waals surface area (Å²) in [5, 5.41) is 336. The van der Waals surface area contributed by atoms with Crippen molar-refractivity contribution in [1.82, 2.24) is 5.32 Å². The summed E-state index contributed by atoms with van der Waals surface area (Å²) in [7, 11) is 0. The van der Waals surface area contributed by atoms with E-state index in [-0.39, 0.29) is 0 Å². The van der Waals surface area contributed by atoms with E-state index in [4.69, 9.17) is 95.7 Å². The number of aliphatic hydroxyl groups is 25. The van der Waals surface area contributed by atoms with E-state index >= 15 is 0 Å². The maximum absolute atomic E-state index is 14.5. The van der Waals surface area contributed by atoms with Gasteiger partial charge in [0.15, 0.2) is 43.8 Å². The van der Waals surface area contributed by atoms with E-state index < -0.39 is 399 Å². The van der Waals surface area contributed by atoms with Crippen LogP contribution in [-0.2, 0) is 119 Å². The Morgan fingerprint density at radius 2 is 0.787 bits per heavy atom. The first-order valence-corrected chi connectivity index (χ1v) is 39.8. The number of nitrogens with one attached hydrogen (secondary N) is 1. The van der Waals surface area contributed by atoms with Crippen molar-refractivity contribution in [1.29, 1.82) is 0 Å². The average Bonchev–Trinajstić information content (AvgIpc) is 0.728. The Morgan fingerprint density at radius 1 is 0.386 bits per heavy atom. The quantitative estimate of drug-likeness (QED) is 0.0290. The molecule has 0 spiro atoms. The topological polar surface area (TPSA) is 923 Å². The molecule has 10 rings (SSSR count). The molecule has 57 nitrogen and oxygen atoms in total. The second-order valence-electron chi connectivity index (χ2n) is 32.6. The van der Waals surface area contributed by atoms with Gasteiger partial charge in [0.2, 0.25) is 5.91 Å². The molecular formula is C70H112N2O55. The van der Waals surface area contributed by atoms with E-state index in [1.165, 1.54) is 20.8 Å². The number of ether oxygens (including phenoxy) is 19. The number of carboxylic acids is 5. The molecule has 33 N–H and O–H groups in total. The SMILES string of the molecule is CC(=O)N[C@H]1[C@@H](O[C@H]2[C@H](O)[C@@H](N)[C@@H](O[C@@H]3C[C@](O[C@H]4[C@@H]([C@H](O)CO)O[C@@](O)(C(=O)O)C[C@H]4O[C@]4(C(=O)O)C[C@@H](O)[C@@H](O)[C@@H]([C@H](O)CO)O4)(C(=O)O)O[C@H]([C@H](O)CO)[C@@H]3O[C@]3(C(=O)O)C[C@@H](O)[C@@H](O)[C@@H]([C@H](O)CO[C@@H]4O[C@@H](C)[C@H](O)[C@@H](O[C@@H]5O[C@@H](C)[C@H](O)[C@@H](O[C@@H]6O[C@@H](C)[C@H](O)[C@@H](O[C@@H]7O[C@@H](C)[C@H](O)[C@@H](O)[C@H]7O)[C@H]6O)[C@H]5O)[C@H]4O)O3)O[C@@H]2C(=O)O)O[C@H](CO)[C@@H](O)[C@@H]1O. The fraction of sp³-hybridized carbons (Fsp3) is 0.914. The Bertz CT molecular complexity index is 3670. The van der Waals surface area contributed by atoms with Gasteiger partial charge in [0, 0.05) is 32.6 Å². The van der Waals surface area contributed by atoms with Gasteiger partial charge in [0.1, 0.15) is 183 Å². The third-order valence-electron chi connectivity index (χ3n) is 23.6. The molecule has 57 heteroatoms. The van der Waals surface area contributed by atoms with E-state index in [2.05, 4.69) is 5.32 Å². The minimum absolute atomic E-state index is 0.899. The number of rotatable bonds is 33. The highest BCUT2D eigenvalue weighted by Crippen LogP contribution is 2.48. The van der Waals surface area contributed by atoms with E-state index in [1.807, 2.05) is 0 Å². The Balaban J connectivity index is 0.968. The molecule has 10 heterocycles. The molecule has 0 unspecified atom stereocenters. The highest BCUT2D eigenvalue weighted by molar-refractivity contribution is 5.78. The van der Waals surface area contributed by atoms with Gasteiger partial charge in [-0.2, -0.15) is 0 Å². The number of carboxylic acid groups (broad SMARTS) is 5. The van der Waals surface area contributed by atoms with Crippen LogP contribution in [0.3, 0.4) is 0 Å². The molecule has 10 fully saturated rings. The molecule has 0 bridgehead atoms. The summed E-state index contributed by atoms with van der Waals surface area (Å²) in [6.45, 7) is -1.33. The number of hydrogen-bond donors (Lipinski definition) is 32. The van der Waals surface area contributed by atoms with Crippen molar-refractivity contribution in [3.8, 4) is 0 Å². The third kappa shape index (κ3) is 21.4. The van der Waals surface area contributed by atoms with E-state index in [0.717, 1.165) is 13.8 Å². The Labute approximate surface area is 715 Å². The molecule has 10 saturated heterocycles. The van der Waals surface area contributed by atoms with Gasteiger partial charge < -0.3 is 254 Å². The largest absolute Gasteiger partial charge is 0.479 e. The van der Waals surface area contributed by atoms with Crippen molar-refractivity contribution in [2.45, 2.75) is 365 Å². The summed E-state index contributed by atoms with van der Waals surface area (Å²) in [6, 6.07) is -4.31. The van der Waals surface area contributed by atoms with Crippen molar-refractivity contribution in [2.24, 2.45) is 5.73 Å². The van der Waals surface area contributed by atoms with Gasteiger partial charge in [-0.05, 0) is 27.7 Å². The minimum Gasteiger partial charge on any atom is -0.479 e. The van der Waals surface area contributed by atoms with E-state index in [1.54, 1.807) is 0 Å². The van der Waals surface area contributed by atoms with Crippen LogP contribution >= 0.6 is 0 Å². The summed E-state index contributed by atoms with van der Waals surface area (Å²) in [5.74, 6) is -28.3. The van der Waals surface area contributed by atoms with Crippen LogP contribution in [0.4, 0.5) is 0 Å². The zero-order chi connectivity index (χ0) is 94.5. The van der Waals surface area contributed by atoms with Crippen LogP contribution in [0.15, 0.2) is 0 Å². The van der Waals surface area contributed by atoms with Gasteiger partial charge in [-0.1, -0.05) is 0 Å². The molecular weight excluding hydrogens is 1750 g/mol. The summed E-state index contributed by atoms with van der Waals surface area (Å²) in [5.41, 5.74) is 6.54. The lowest BCUT2D eigenvalue weighted by molar-refractivity contribution is -0.417. The van der Waals surface area contributed by atoms with Crippen molar-refractivity contribution >= 4 is 35.8 Å². The number of amides is 1. The standard InChI is InChI=1S/C70H112N2O55/c1-15-31(84)40(93)41(94)60(111-15)116-52-33(86)17(3)113-62(43(52)96)118-53-34(87)18(4)112-61(44(53)97)117-51-32(85)16(2)110-59(42(51)95)109-14-25(83)46-36(89)21(79)7-69(124-46,65(104)105)126-49-26(114-57-29(71)38(91)54(55(120-57)56(98)99)119-58-30(72-19(5)77)39(92)37(90)28(13-76)115-58)9-70(66(106)107,125-48(49)24(82)12-75)127-50-27(8-67(108,63(100)101)122-47(50)23(81)11-74)121-68(64(102)103)6-20(78)35(88)45(123-68)22(80)10-73/h15-18,20-55,57-62,73-76,78-97,108H,6-14,71H2,1-5H3,(H,72,77)(H,98,99)(H,100,101)(H,102,103)(H,104,105)(H,106,107)/t15-,16-,17-,18-,20+,21+,22+,23+,24+,25+,26+,27+,28+,29+,30+,31-,32-,33-,34-,35+,36+,37+,38+,39+,40+,41+,42+,43+,44+,45+,46+,47+,48+,49+,50+,51+,52+,53+,54-,55-,57-,58+,59+,60-,61-,62-,67+,68+,69-,70-/m0/s1. The smallest absolute Gasteiger partial charge is 0.364 e. The van der Waals surface area contributed by atoms with Crippen LogP contribution in [0.25, 0.3) is 0 Å². The van der Waals surface area contributed by atoms with Crippen LogP contribution < -0.4 is 11.1 Å². The van der Waals surface area contributed by atoms with Crippen LogP contribution in [-0.4, -0.2) is 527 Å². The molecule has 127 heavy (non-hydrogen) atoms. The van der Waals surface area contributed by atoms with Crippen LogP contribution in [0.2, 0.25) is 0 Å². The molecule has 0 aromatic heterocycles. The molecule has 732 valence electrons. The zero-order valence-corrected chi connectivity index (χ0v) is 67.6. The number of aliphatic hydroxyl groups excluding tert-OH is 24. The van der Waals surface area contributed by atoms with Crippen LogP contribution in [0.5, 0.6) is 0 Å². The number of hydrogen-bond acceptors (Lipinski definition) is 51. The second-order valence-corrected chi connectivity index (χ2v) is 32.6. The Morgan fingerprint density at radius 3 is 1.24 bits per heavy atom. The molecule has 10 aliphatic heterocycles. The van der Waals surface area contributed by atoms with Crippen molar-refractivity contribution in [3.63, 3.8) is 0 Å². The Hall–Kier alpha value is -4.98. The molecule has 0 saturated carbocycles. The summed E-state index contributed by atoms with van der Waals surface area (Å²) in [4.78, 5) is 81.1. The molecule has 50 atom stereocenters. The first kappa shape index (κ1) is 104. The van der Waals surface area contributed by atoms with E-state index in [0.29, 0.717) is 0 Å². The molecule has 0 aromatic rings. The Kier molecular flexibility index (Phi) is 34.3. The van der Waals surface area contributed by atoms with Gasteiger partial charge in [0.05, 0.1) is 87.9 Å². The predicted molar refractivity (Wildman–Crippen MR) is 383 cm³/mol. The van der Waals surface area contributed by atoms with Crippen molar-refractivity contribution in [3.05, 3.63) is 0 Å². The van der Waals surface area contributed by atoms with E-state index in [9.17, 15) is 182 Å². The van der Waals surface area contributed by atoms with Gasteiger partial charge >= 0.3 is 29.8 Å². The van der Waals surface area contributed by atoms with Crippen molar-refractivity contribution in [2.75, 3.05) is 33.0 Å². The number of nitrogens with two attached hydrogens (primary N) is 1. The minimum atomic E-state index is -4.03. The highest BCUT2D eigenvalue weighted by atomic mass is 16.8. The third-order valence-corrected chi connectivity index (χ3v) is 23.6. The molecule has 10 aliphatic rings. The molecule has 0 aliphatic carbocycles. The average molecular weight is 1860 g/mol. The molecule has 0 radical (unpaired) electrons. The summed E-state index contributed by atoms with van der Waals surface area (Å²) < 4.78 is 110. The lowest BCUT2D eigenvalue weighted by Crippen LogP contribution is -2.72. The first-order valence-electron chi connectivity index (χ1n) is 39.8. The fourth-order valence-electron chi connectivity index (χ4n) is 16.4. The lowest BCUT2D eigenvalue weighted by Gasteiger charge is -2.54. The monoisotopic (exact) mass is 1860 g/mol. The normalized spacial score (nSPS) is 49.3. The molecule has 0 aromatic carbocycles. The van der Waals surface area contributed by atoms with Gasteiger partial charge in [-0.15, -0.1) is 0 Å². The van der Waals surface area contributed by atoms with Crippen LogP contribution in [0, 0.1) is 0 Å². The maximum atomic E-state index is 14.5. The van der Waals surface area contributed by atoms with Gasteiger partial charge in [-0.25, -0.2) is 24.0 Å². The molecule has 1 amide bonds. The van der Waals surface area contributed by atoms with Crippen molar-refractivity contribution < 1.29 is 272 Å². The lowest BCUT2D eigenvalue weighted by atomic mass is 9.88. The number of aliphatic carboxylic acids is 5. The summed E-state index contributed by atoms with van der Waals surface area (Å²) in [6.07, 6.45) is -105. The number of carbonyl (C=O) groups excluding carboxylic acids is 1. The van der Waals surface area contributed by atoms with Gasteiger partial charge in [0.25, 0.3) is 23.1 Å². The fourth-order valence-corrected chi connectivity index (χ4v) is 16.4. The zero-order valence-electron chi connectivity index (χ0n) is 67.6. The maximum Gasteiger partial charge on any atom is 0.364 e. The van der Waals surface area contributed by atoms with Crippen LogP contribution in [0.1, 0.15) is 60.3 Å². The summed E-state index contributed by atoms with van der Waals surface area (Å²) >= 11 is 0. The van der Waals surface area contributed by atoms with Gasteiger partial charge in [-0.3, -0.25) is 4.79 Å². The predicted octanol–water partition coefficient (Wildman–Crippen LogP) is -19.1. The second kappa shape index (κ2) is 41.9. The number of carbonyl (C=O) groups is 6. The highest BCUT2D eigenvalue weighted by Gasteiger charge is 2.68. The first-order chi connectivity index (χ1) is 59.3.